The lowest BCUT2D eigenvalue weighted by molar-refractivity contribution is -0.130. The van der Waals surface area contributed by atoms with E-state index in [1.165, 1.54) is 6.92 Å². The molecule has 1 saturated heterocycles. The lowest BCUT2D eigenvalue weighted by Crippen LogP contribution is -2.33. The molecule has 1 fully saturated rings. The summed E-state index contributed by atoms with van der Waals surface area (Å²) in [5.41, 5.74) is 0. The van der Waals surface area contributed by atoms with Gasteiger partial charge in [0.25, 0.3) is 5.92 Å². The number of alkyl halides is 2. The highest BCUT2D eigenvalue weighted by Gasteiger charge is 2.45. The minimum atomic E-state index is -2.82. The van der Waals surface area contributed by atoms with Crippen LogP contribution in [0.25, 0.3) is 0 Å². The zero-order valence-electron chi connectivity index (χ0n) is 8.68. The zero-order valence-corrected chi connectivity index (χ0v) is 8.68. The maximum atomic E-state index is 12.7. The van der Waals surface area contributed by atoms with Crippen LogP contribution in [-0.2, 0) is 4.79 Å². The van der Waals surface area contributed by atoms with Crippen LogP contribution < -0.4 is 0 Å². The van der Waals surface area contributed by atoms with Gasteiger partial charge < -0.3 is 4.90 Å². The number of nitrogens with zero attached hydrogens (tertiary/aromatic N) is 1. The van der Waals surface area contributed by atoms with Crippen molar-refractivity contribution in [2.45, 2.75) is 39.2 Å². The normalized spacial score (nSPS) is 23.4. The fourth-order valence-corrected chi connectivity index (χ4v) is 1.30. The lowest BCUT2D eigenvalue weighted by atomic mass is 10.2. The van der Waals surface area contributed by atoms with Gasteiger partial charge in [-0.3, -0.25) is 4.79 Å². The molecule has 1 unspecified atom stereocenters. The van der Waals surface area contributed by atoms with Crippen molar-refractivity contribution in [1.29, 1.82) is 0 Å². The first-order valence-electron chi connectivity index (χ1n) is 4.57. The van der Waals surface area contributed by atoms with Gasteiger partial charge in [-0.2, -0.15) is 0 Å². The van der Waals surface area contributed by atoms with Gasteiger partial charge in [0.2, 0.25) is 5.91 Å². The molecule has 1 aliphatic rings. The highest BCUT2D eigenvalue weighted by atomic mass is 19.3. The number of amides is 1. The van der Waals surface area contributed by atoms with E-state index in [-0.39, 0.29) is 0 Å². The SMILES string of the molecule is C#CC1CC(F)(F)CN1C(C)=O.CC. The maximum Gasteiger partial charge on any atom is 0.268 e. The molecule has 14 heavy (non-hydrogen) atoms. The smallest absolute Gasteiger partial charge is 0.268 e. The fraction of sp³-hybridized carbons (Fsp3) is 0.700. The van der Waals surface area contributed by atoms with Gasteiger partial charge in [-0.15, -0.1) is 6.42 Å². The number of hydrogen-bond acceptors (Lipinski definition) is 1. The Morgan fingerprint density at radius 1 is 1.57 bits per heavy atom. The van der Waals surface area contributed by atoms with Gasteiger partial charge in [0.05, 0.1) is 12.6 Å². The van der Waals surface area contributed by atoms with E-state index in [4.69, 9.17) is 6.42 Å². The second kappa shape index (κ2) is 4.94. The fourth-order valence-electron chi connectivity index (χ4n) is 1.30. The van der Waals surface area contributed by atoms with Crippen molar-refractivity contribution in [3.63, 3.8) is 0 Å². The largest absolute Gasteiger partial charge is 0.323 e. The first-order chi connectivity index (χ1) is 6.46. The summed E-state index contributed by atoms with van der Waals surface area (Å²) < 4.78 is 25.4. The molecule has 1 amide bonds. The van der Waals surface area contributed by atoms with E-state index in [0.29, 0.717) is 0 Å². The Morgan fingerprint density at radius 3 is 2.36 bits per heavy atom. The van der Waals surface area contributed by atoms with Crippen molar-refractivity contribution in [3.05, 3.63) is 0 Å². The molecule has 0 radical (unpaired) electrons. The molecule has 1 heterocycles. The Labute approximate surface area is 83.3 Å². The lowest BCUT2D eigenvalue weighted by Gasteiger charge is -2.17. The molecule has 0 aliphatic carbocycles. The Morgan fingerprint density at radius 2 is 2.07 bits per heavy atom. The van der Waals surface area contributed by atoms with Crippen molar-refractivity contribution >= 4 is 5.91 Å². The molecular weight excluding hydrogens is 188 g/mol. The Kier molecular flexibility index (Phi) is 4.55. The summed E-state index contributed by atoms with van der Waals surface area (Å²) in [6.45, 7) is 4.70. The van der Waals surface area contributed by atoms with E-state index in [9.17, 15) is 13.6 Å². The predicted octanol–water partition coefficient (Wildman–Crippen LogP) is 1.90. The van der Waals surface area contributed by atoms with Gasteiger partial charge in [-0.1, -0.05) is 19.8 Å². The summed E-state index contributed by atoms with van der Waals surface area (Å²) in [5.74, 6) is -1.03. The average molecular weight is 203 g/mol. The predicted molar refractivity (Wildman–Crippen MR) is 50.9 cm³/mol. The van der Waals surface area contributed by atoms with Crippen LogP contribution in [0.15, 0.2) is 0 Å². The molecule has 1 atom stereocenters. The summed E-state index contributed by atoms with van der Waals surface area (Å²) in [4.78, 5) is 11.8. The van der Waals surface area contributed by atoms with E-state index in [1.807, 2.05) is 13.8 Å². The van der Waals surface area contributed by atoms with Gasteiger partial charge in [0, 0.05) is 13.3 Å². The van der Waals surface area contributed by atoms with Gasteiger partial charge in [-0.05, 0) is 0 Å². The van der Waals surface area contributed by atoms with Crippen LogP contribution in [-0.4, -0.2) is 29.3 Å². The second-order valence-electron chi connectivity index (χ2n) is 2.89. The number of carbonyl (C=O) groups is 1. The number of likely N-dealkylation sites (tertiary alicyclic amines) is 1. The number of halogens is 2. The van der Waals surface area contributed by atoms with Crippen LogP contribution in [0, 0.1) is 12.3 Å². The molecular formula is C10H15F2NO. The van der Waals surface area contributed by atoms with E-state index in [2.05, 4.69) is 5.92 Å². The average Bonchev–Trinajstić information content (AvgIpc) is 2.45. The van der Waals surface area contributed by atoms with Gasteiger partial charge in [0.15, 0.2) is 0 Å². The van der Waals surface area contributed by atoms with E-state index in [0.717, 1.165) is 4.90 Å². The van der Waals surface area contributed by atoms with Crippen LogP contribution in [0.4, 0.5) is 8.78 Å². The molecule has 0 spiro atoms. The molecule has 0 aromatic rings. The maximum absolute atomic E-state index is 12.7. The van der Waals surface area contributed by atoms with Crippen LogP contribution >= 0.6 is 0 Å². The number of terminal acetylenes is 1. The number of hydrogen-bond donors (Lipinski definition) is 0. The minimum absolute atomic E-state index is 0.393. The molecule has 1 aliphatic heterocycles. The van der Waals surface area contributed by atoms with Crippen molar-refractivity contribution in [2.24, 2.45) is 0 Å². The molecule has 0 aromatic carbocycles. The first-order valence-corrected chi connectivity index (χ1v) is 4.57. The molecule has 80 valence electrons. The highest BCUT2D eigenvalue weighted by molar-refractivity contribution is 5.74. The summed E-state index contributed by atoms with van der Waals surface area (Å²) in [6, 6.07) is -0.738. The Bertz CT molecular complexity index is 245. The quantitative estimate of drug-likeness (QED) is 0.551. The van der Waals surface area contributed by atoms with Crippen LogP contribution in [0.5, 0.6) is 0 Å². The summed E-state index contributed by atoms with van der Waals surface area (Å²) >= 11 is 0. The third-order valence-corrected chi connectivity index (χ3v) is 1.87. The van der Waals surface area contributed by atoms with Crippen molar-refractivity contribution < 1.29 is 13.6 Å². The van der Waals surface area contributed by atoms with Gasteiger partial charge in [0.1, 0.15) is 0 Å². The minimum Gasteiger partial charge on any atom is -0.323 e. The topological polar surface area (TPSA) is 20.3 Å². The molecule has 0 N–H and O–H groups in total. The van der Waals surface area contributed by atoms with Crippen LogP contribution in [0.2, 0.25) is 0 Å². The van der Waals surface area contributed by atoms with E-state index in [1.54, 1.807) is 0 Å². The third kappa shape index (κ3) is 2.99. The van der Waals surface area contributed by atoms with Gasteiger partial charge >= 0.3 is 0 Å². The Hall–Kier alpha value is -1.11. The molecule has 1 rings (SSSR count). The number of rotatable bonds is 0. The monoisotopic (exact) mass is 203 g/mol. The molecule has 0 saturated carbocycles. The van der Waals surface area contributed by atoms with Crippen LogP contribution in [0.3, 0.4) is 0 Å². The van der Waals surface area contributed by atoms with Crippen molar-refractivity contribution in [1.82, 2.24) is 4.90 Å². The van der Waals surface area contributed by atoms with Crippen molar-refractivity contribution in [2.75, 3.05) is 6.54 Å². The second-order valence-corrected chi connectivity index (χ2v) is 2.89. The van der Waals surface area contributed by atoms with E-state index >= 15 is 0 Å². The Balaban J connectivity index is 0.000000791. The third-order valence-electron chi connectivity index (χ3n) is 1.87. The van der Waals surface area contributed by atoms with Crippen molar-refractivity contribution in [3.8, 4) is 12.3 Å². The van der Waals surface area contributed by atoms with E-state index < -0.39 is 30.8 Å². The molecule has 0 aromatic heterocycles. The summed E-state index contributed by atoms with van der Waals surface area (Å²) in [6.07, 6.45) is 4.59. The molecule has 4 heteroatoms. The number of carbonyl (C=O) groups excluding carboxylic acids is 1. The molecule has 0 bridgehead atoms. The molecule has 2 nitrogen and oxygen atoms in total. The standard InChI is InChI=1S/C8H9F2NO.C2H6/c1-3-7-4-8(9,10)5-11(7)6(2)12;1-2/h1,7H,4-5H2,2H3;1-2H3. The first kappa shape index (κ1) is 12.9. The highest BCUT2D eigenvalue weighted by Crippen LogP contribution is 2.31. The summed E-state index contributed by atoms with van der Waals surface area (Å²) in [7, 11) is 0. The zero-order chi connectivity index (χ0) is 11.4. The summed E-state index contributed by atoms with van der Waals surface area (Å²) in [5, 5.41) is 0. The van der Waals surface area contributed by atoms with Gasteiger partial charge in [-0.25, -0.2) is 8.78 Å². The van der Waals surface area contributed by atoms with Crippen LogP contribution in [0.1, 0.15) is 27.2 Å².